The second kappa shape index (κ2) is 6.99. The Morgan fingerprint density at radius 3 is 2.43 bits per heavy atom. The summed E-state index contributed by atoms with van der Waals surface area (Å²) in [7, 11) is 0. The zero-order valence-corrected chi connectivity index (χ0v) is 13.0. The lowest BCUT2D eigenvalue weighted by Crippen LogP contribution is -2.38. The van der Waals surface area contributed by atoms with Crippen molar-refractivity contribution in [2.24, 2.45) is 0 Å². The van der Waals surface area contributed by atoms with Crippen LogP contribution >= 0.6 is 12.2 Å². The summed E-state index contributed by atoms with van der Waals surface area (Å²) in [5.41, 5.74) is 3.98. The topological polar surface area (TPSA) is 41.1 Å². The molecule has 2 aromatic carbocycles. The third-order valence-electron chi connectivity index (χ3n) is 3.29. The average Bonchev–Trinajstić information content (AvgIpc) is 2.49. The molecule has 3 nitrogen and oxygen atoms in total. The van der Waals surface area contributed by atoms with E-state index in [9.17, 15) is 4.79 Å². The van der Waals surface area contributed by atoms with Gasteiger partial charge in [-0.2, -0.15) is 0 Å². The van der Waals surface area contributed by atoms with Crippen LogP contribution in [-0.2, 0) is 6.54 Å². The van der Waals surface area contributed by atoms with Crippen LogP contribution in [0.4, 0.5) is 0 Å². The number of aryl methyl sites for hydroxylation is 2. The molecular formula is C17H18N2OS. The molecule has 0 aliphatic carbocycles. The number of rotatable bonds is 3. The zero-order valence-electron chi connectivity index (χ0n) is 12.1. The van der Waals surface area contributed by atoms with Crippen molar-refractivity contribution in [3.63, 3.8) is 0 Å². The highest BCUT2D eigenvalue weighted by atomic mass is 32.1. The average molecular weight is 298 g/mol. The number of amides is 1. The number of benzene rings is 2. The maximum Gasteiger partial charge on any atom is 0.257 e. The molecule has 0 saturated heterocycles. The van der Waals surface area contributed by atoms with E-state index in [0.29, 0.717) is 17.2 Å². The largest absolute Gasteiger partial charge is 0.358 e. The van der Waals surface area contributed by atoms with Gasteiger partial charge < -0.3 is 5.32 Å². The molecule has 0 radical (unpaired) electrons. The Morgan fingerprint density at radius 2 is 1.76 bits per heavy atom. The number of nitrogens with one attached hydrogen (secondary N) is 2. The van der Waals surface area contributed by atoms with Crippen LogP contribution in [0.1, 0.15) is 27.0 Å². The summed E-state index contributed by atoms with van der Waals surface area (Å²) in [6, 6.07) is 15.5. The van der Waals surface area contributed by atoms with E-state index >= 15 is 0 Å². The minimum absolute atomic E-state index is 0.191. The van der Waals surface area contributed by atoms with Crippen LogP contribution in [0.15, 0.2) is 48.5 Å². The fourth-order valence-corrected chi connectivity index (χ4v) is 2.05. The molecule has 2 rings (SSSR count). The van der Waals surface area contributed by atoms with Crippen molar-refractivity contribution < 1.29 is 4.79 Å². The van der Waals surface area contributed by atoms with Gasteiger partial charge in [-0.15, -0.1) is 0 Å². The van der Waals surface area contributed by atoms with Gasteiger partial charge in [0.2, 0.25) is 0 Å². The highest BCUT2D eigenvalue weighted by Gasteiger charge is 2.08. The van der Waals surface area contributed by atoms with E-state index in [1.165, 1.54) is 0 Å². The Labute approximate surface area is 130 Å². The van der Waals surface area contributed by atoms with Crippen molar-refractivity contribution in [3.05, 3.63) is 70.8 Å². The second-order valence-corrected chi connectivity index (χ2v) is 5.33. The summed E-state index contributed by atoms with van der Waals surface area (Å²) in [4.78, 5) is 12.1. The van der Waals surface area contributed by atoms with E-state index in [1.807, 2.05) is 56.3 Å². The molecule has 1 amide bonds. The van der Waals surface area contributed by atoms with Gasteiger partial charge >= 0.3 is 0 Å². The molecule has 0 saturated carbocycles. The third-order valence-corrected chi connectivity index (χ3v) is 3.54. The van der Waals surface area contributed by atoms with E-state index in [4.69, 9.17) is 12.2 Å². The Hall–Kier alpha value is -2.20. The molecule has 2 aromatic rings. The summed E-state index contributed by atoms with van der Waals surface area (Å²) in [6.07, 6.45) is 0. The summed E-state index contributed by atoms with van der Waals surface area (Å²) >= 11 is 5.14. The normalized spacial score (nSPS) is 10.0. The van der Waals surface area contributed by atoms with Crippen molar-refractivity contribution in [1.29, 1.82) is 0 Å². The number of carbonyl (C=O) groups excluding carboxylic acids is 1. The van der Waals surface area contributed by atoms with Gasteiger partial charge in [0.1, 0.15) is 0 Å². The van der Waals surface area contributed by atoms with Gasteiger partial charge in [-0.05, 0) is 54.9 Å². The highest BCUT2D eigenvalue weighted by Crippen LogP contribution is 2.09. The van der Waals surface area contributed by atoms with Gasteiger partial charge in [-0.1, -0.05) is 36.4 Å². The SMILES string of the molecule is Cc1ccc(C(=O)NC(=S)NCc2ccccc2)cc1C. The Bertz CT molecular complexity index is 653. The molecule has 21 heavy (non-hydrogen) atoms. The molecular weight excluding hydrogens is 280 g/mol. The predicted octanol–water partition coefficient (Wildman–Crippen LogP) is 3.11. The molecule has 0 aliphatic rings. The van der Waals surface area contributed by atoms with Crippen LogP contribution in [0, 0.1) is 13.8 Å². The minimum Gasteiger partial charge on any atom is -0.358 e. The maximum atomic E-state index is 12.1. The van der Waals surface area contributed by atoms with Crippen LogP contribution in [0.3, 0.4) is 0 Å². The Morgan fingerprint density at radius 1 is 1.05 bits per heavy atom. The number of hydrogen-bond donors (Lipinski definition) is 2. The van der Waals surface area contributed by atoms with Crippen LogP contribution in [-0.4, -0.2) is 11.0 Å². The zero-order chi connectivity index (χ0) is 15.2. The van der Waals surface area contributed by atoms with E-state index in [2.05, 4.69) is 10.6 Å². The minimum atomic E-state index is -0.191. The lowest BCUT2D eigenvalue weighted by molar-refractivity contribution is 0.0976. The molecule has 0 fully saturated rings. The molecule has 0 unspecified atom stereocenters. The van der Waals surface area contributed by atoms with Gasteiger partial charge in [-0.25, -0.2) is 0 Å². The molecule has 0 aromatic heterocycles. The first-order valence-corrected chi connectivity index (χ1v) is 7.17. The molecule has 0 atom stereocenters. The van der Waals surface area contributed by atoms with E-state index in [1.54, 1.807) is 6.07 Å². The smallest absolute Gasteiger partial charge is 0.257 e. The van der Waals surface area contributed by atoms with Crippen LogP contribution in [0.5, 0.6) is 0 Å². The predicted molar refractivity (Wildman–Crippen MR) is 89.3 cm³/mol. The third kappa shape index (κ3) is 4.39. The quantitative estimate of drug-likeness (QED) is 0.856. The molecule has 0 heterocycles. The highest BCUT2D eigenvalue weighted by molar-refractivity contribution is 7.80. The lowest BCUT2D eigenvalue weighted by atomic mass is 10.1. The summed E-state index contributed by atoms with van der Waals surface area (Å²) < 4.78 is 0. The first-order chi connectivity index (χ1) is 10.1. The number of thiocarbonyl (C=S) groups is 1. The van der Waals surface area contributed by atoms with Gasteiger partial charge in [-0.3, -0.25) is 10.1 Å². The van der Waals surface area contributed by atoms with Crippen molar-refractivity contribution in [3.8, 4) is 0 Å². The molecule has 0 aliphatic heterocycles. The molecule has 2 N–H and O–H groups in total. The summed E-state index contributed by atoms with van der Waals surface area (Å²) in [6.45, 7) is 4.59. The fraction of sp³-hybridized carbons (Fsp3) is 0.176. The van der Waals surface area contributed by atoms with E-state index < -0.39 is 0 Å². The summed E-state index contributed by atoms with van der Waals surface area (Å²) in [5, 5.41) is 6.05. The fourth-order valence-electron chi connectivity index (χ4n) is 1.88. The van der Waals surface area contributed by atoms with E-state index in [-0.39, 0.29) is 5.91 Å². The maximum absolute atomic E-state index is 12.1. The van der Waals surface area contributed by atoms with Gasteiger partial charge in [0, 0.05) is 12.1 Å². The molecule has 108 valence electrons. The molecule has 0 bridgehead atoms. The van der Waals surface area contributed by atoms with Gasteiger partial charge in [0.15, 0.2) is 5.11 Å². The molecule has 0 spiro atoms. The molecule has 4 heteroatoms. The van der Waals surface area contributed by atoms with Gasteiger partial charge in [0.05, 0.1) is 0 Å². The van der Waals surface area contributed by atoms with Crippen molar-refractivity contribution in [2.45, 2.75) is 20.4 Å². The van der Waals surface area contributed by atoms with Crippen molar-refractivity contribution in [2.75, 3.05) is 0 Å². The van der Waals surface area contributed by atoms with E-state index in [0.717, 1.165) is 16.7 Å². The first kappa shape index (κ1) is 15.2. The Balaban J connectivity index is 1.90. The first-order valence-electron chi connectivity index (χ1n) is 6.76. The Kier molecular flexibility index (Phi) is 5.06. The van der Waals surface area contributed by atoms with Crippen LogP contribution in [0.25, 0.3) is 0 Å². The number of carbonyl (C=O) groups is 1. The van der Waals surface area contributed by atoms with Crippen LogP contribution < -0.4 is 10.6 Å². The second-order valence-electron chi connectivity index (χ2n) is 4.92. The van der Waals surface area contributed by atoms with Crippen molar-refractivity contribution >= 4 is 23.2 Å². The standard InChI is InChI=1S/C17H18N2OS/c1-12-8-9-15(10-13(12)2)16(20)19-17(21)18-11-14-6-4-3-5-7-14/h3-10H,11H2,1-2H3,(H2,18,19,20,21). The van der Waals surface area contributed by atoms with Gasteiger partial charge in [0.25, 0.3) is 5.91 Å². The monoisotopic (exact) mass is 298 g/mol. The lowest BCUT2D eigenvalue weighted by Gasteiger charge is -2.10. The van der Waals surface area contributed by atoms with Crippen LogP contribution in [0.2, 0.25) is 0 Å². The summed E-state index contributed by atoms with van der Waals surface area (Å²) in [5.74, 6) is -0.191. The number of hydrogen-bond acceptors (Lipinski definition) is 2. The van der Waals surface area contributed by atoms with Crippen molar-refractivity contribution in [1.82, 2.24) is 10.6 Å².